The molecule has 0 heterocycles. The predicted octanol–water partition coefficient (Wildman–Crippen LogP) is 2.17. The third kappa shape index (κ3) is 3.47. The van der Waals surface area contributed by atoms with Crippen molar-refractivity contribution in [3.8, 4) is 5.75 Å². The summed E-state index contributed by atoms with van der Waals surface area (Å²) < 4.78 is 5.65. The lowest BCUT2D eigenvalue weighted by Crippen LogP contribution is -2.49. The van der Waals surface area contributed by atoms with Crippen LogP contribution in [0.15, 0.2) is 24.3 Å². The van der Waals surface area contributed by atoms with Gasteiger partial charge in [-0.1, -0.05) is 18.2 Å². The average molecular weight is 251 g/mol. The van der Waals surface area contributed by atoms with Gasteiger partial charge >= 0.3 is 5.97 Å². The van der Waals surface area contributed by atoms with E-state index in [-0.39, 0.29) is 0 Å². The first-order valence-corrected chi connectivity index (χ1v) is 5.98. The van der Waals surface area contributed by atoms with Gasteiger partial charge in [-0.05, 0) is 39.4 Å². The summed E-state index contributed by atoms with van der Waals surface area (Å²) in [6.07, 6.45) is 0. The molecule has 0 spiro atoms. The predicted molar refractivity (Wildman–Crippen MR) is 71.0 cm³/mol. The minimum absolute atomic E-state index is 0.470. The second-order valence-electron chi connectivity index (χ2n) is 4.90. The van der Waals surface area contributed by atoms with Gasteiger partial charge in [0.15, 0.2) is 0 Å². The summed E-state index contributed by atoms with van der Waals surface area (Å²) in [5.74, 6) is 0.0138. The molecule has 4 nitrogen and oxygen atoms in total. The number of hydrogen-bond donors (Lipinski definition) is 1. The first-order valence-electron chi connectivity index (χ1n) is 5.98. The van der Waals surface area contributed by atoms with Gasteiger partial charge in [0.1, 0.15) is 17.9 Å². The summed E-state index contributed by atoms with van der Waals surface area (Å²) in [5.41, 5.74) is 0.201. The Morgan fingerprint density at radius 1 is 1.39 bits per heavy atom. The summed E-state index contributed by atoms with van der Waals surface area (Å²) in [4.78, 5) is 12.8. The van der Waals surface area contributed by atoms with Gasteiger partial charge in [-0.15, -0.1) is 0 Å². The van der Waals surface area contributed by atoms with Crippen LogP contribution in [-0.2, 0) is 4.79 Å². The number of hydrogen-bond acceptors (Lipinski definition) is 3. The van der Waals surface area contributed by atoms with Crippen LogP contribution < -0.4 is 4.74 Å². The summed E-state index contributed by atoms with van der Waals surface area (Å²) in [7, 11) is 1.79. The number of rotatable bonds is 6. The second kappa shape index (κ2) is 5.87. The van der Waals surface area contributed by atoms with Crippen LogP contribution in [0.5, 0.6) is 5.75 Å². The van der Waals surface area contributed by atoms with Gasteiger partial charge in [0.05, 0.1) is 0 Å². The maximum absolute atomic E-state index is 11.1. The lowest BCUT2D eigenvalue weighted by Gasteiger charge is -2.31. The molecule has 0 fully saturated rings. The van der Waals surface area contributed by atoms with Crippen molar-refractivity contribution in [3.05, 3.63) is 29.8 Å². The second-order valence-corrected chi connectivity index (χ2v) is 4.90. The quantitative estimate of drug-likeness (QED) is 0.841. The van der Waals surface area contributed by atoms with E-state index in [1.807, 2.05) is 31.2 Å². The number of aliphatic carboxylic acids is 1. The highest BCUT2D eigenvalue weighted by molar-refractivity contribution is 5.77. The molecule has 1 aromatic rings. The van der Waals surface area contributed by atoms with E-state index < -0.39 is 11.5 Å². The zero-order chi connectivity index (χ0) is 13.8. The Balaban J connectivity index is 2.48. The molecule has 0 atom stereocenters. The fourth-order valence-corrected chi connectivity index (χ4v) is 1.45. The van der Waals surface area contributed by atoms with Gasteiger partial charge in [0, 0.05) is 6.54 Å². The van der Waals surface area contributed by atoms with Crippen molar-refractivity contribution in [1.82, 2.24) is 4.90 Å². The van der Waals surface area contributed by atoms with E-state index in [0.717, 1.165) is 11.3 Å². The van der Waals surface area contributed by atoms with E-state index in [9.17, 15) is 4.79 Å². The Bertz CT molecular complexity index is 415. The van der Waals surface area contributed by atoms with Gasteiger partial charge < -0.3 is 9.84 Å². The molecule has 1 aromatic carbocycles. The number of benzene rings is 1. The van der Waals surface area contributed by atoms with E-state index >= 15 is 0 Å². The van der Waals surface area contributed by atoms with Crippen molar-refractivity contribution >= 4 is 5.97 Å². The van der Waals surface area contributed by atoms with Crippen LogP contribution >= 0.6 is 0 Å². The van der Waals surface area contributed by atoms with Crippen molar-refractivity contribution in [2.24, 2.45) is 0 Å². The normalized spacial score (nSPS) is 11.6. The molecule has 0 amide bonds. The number of para-hydroxylation sites is 1. The van der Waals surface area contributed by atoms with Crippen LogP contribution in [0.25, 0.3) is 0 Å². The molecule has 0 aliphatic carbocycles. The van der Waals surface area contributed by atoms with Crippen LogP contribution in [0, 0.1) is 6.92 Å². The Labute approximate surface area is 108 Å². The van der Waals surface area contributed by atoms with Crippen molar-refractivity contribution in [3.63, 3.8) is 0 Å². The summed E-state index contributed by atoms with van der Waals surface area (Å²) >= 11 is 0. The maximum atomic E-state index is 11.1. The molecule has 18 heavy (non-hydrogen) atoms. The molecule has 0 aliphatic rings. The largest absolute Gasteiger partial charge is 0.492 e. The highest BCUT2D eigenvalue weighted by Crippen LogP contribution is 2.17. The highest BCUT2D eigenvalue weighted by Gasteiger charge is 2.31. The number of likely N-dealkylation sites (N-methyl/N-ethyl adjacent to an activating group) is 1. The highest BCUT2D eigenvalue weighted by atomic mass is 16.5. The summed E-state index contributed by atoms with van der Waals surface area (Å²) in [6.45, 7) is 6.39. The number of aryl methyl sites for hydroxylation is 1. The van der Waals surface area contributed by atoms with Crippen molar-refractivity contribution in [1.29, 1.82) is 0 Å². The SMILES string of the molecule is Cc1ccccc1OCCN(C)C(C)(C)C(=O)O. The van der Waals surface area contributed by atoms with E-state index in [1.54, 1.807) is 25.8 Å². The van der Waals surface area contributed by atoms with Crippen molar-refractivity contribution in [2.45, 2.75) is 26.3 Å². The molecule has 100 valence electrons. The Kier molecular flexibility index (Phi) is 4.73. The Hall–Kier alpha value is -1.55. The zero-order valence-corrected chi connectivity index (χ0v) is 11.4. The van der Waals surface area contributed by atoms with Crippen LogP contribution in [0.1, 0.15) is 19.4 Å². The standard InChI is InChI=1S/C14H21NO3/c1-11-7-5-6-8-12(11)18-10-9-15(4)14(2,3)13(16)17/h5-8H,9-10H2,1-4H3,(H,16,17). The van der Waals surface area contributed by atoms with Crippen LogP contribution in [0.4, 0.5) is 0 Å². The summed E-state index contributed by atoms with van der Waals surface area (Å²) in [5, 5.41) is 9.09. The number of carboxylic acid groups (broad SMARTS) is 1. The van der Waals surface area contributed by atoms with Crippen molar-refractivity contribution in [2.75, 3.05) is 20.2 Å². The van der Waals surface area contributed by atoms with Crippen molar-refractivity contribution < 1.29 is 14.6 Å². The van der Waals surface area contributed by atoms with Gasteiger partial charge in [0.25, 0.3) is 0 Å². The minimum atomic E-state index is -0.880. The Morgan fingerprint density at radius 3 is 2.56 bits per heavy atom. The molecule has 0 aromatic heterocycles. The third-order valence-electron chi connectivity index (χ3n) is 3.26. The number of nitrogens with zero attached hydrogens (tertiary/aromatic N) is 1. The molecule has 0 saturated heterocycles. The molecule has 0 saturated carbocycles. The molecule has 1 rings (SSSR count). The Morgan fingerprint density at radius 2 is 2.00 bits per heavy atom. The zero-order valence-electron chi connectivity index (χ0n) is 11.4. The lowest BCUT2D eigenvalue weighted by molar-refractivity contribution is -0.148. The smallest absolute Gasteiger partial charge is 0.323 e. The van der Waals surface area contributed by atoms with Gasteiger partial charge in [-0.2, -0.15) is 0 Å². The monoisotopic (exact) mass is 251 g/mol. The van der Waals surface area contributed by atoms with E-state index in [4.69, 9.17) is 9.84 Å². The van der Waals surface area contributed by atoms with E-state index in [2.05, 4.69) is 0 Å². The number of carboxylic acids is 1. The lowest BCUT2D eigenvalue weighted by atomic mass is 10.0. The molecule has 0 radical (unpaired) electrons. The van der Waals surface area contributed by atoms with Crippen LogP contribution in [0.3, 0.4) is 0 Å². The maximum Gasteiger partial charge on any atom is 0.323 e. The fourth-order valence-electron chi connectivity index (χ4n) is 1.45. The molecular weight excluding hydrogens is 230 g/mol. The average Bonchev–Trinajstić information content (AvgIpc) is 2.31. The summed E-state index contributed by atoms with van der Waals surface area (Å²) in [6, 6.07) is 7.78. The van der Waals surface area contributed by atoms with Crippen LogP contribution in [0.2, 0.25) is 0 Å². The van der Waals surface area contributed by atoms with Gasteiger partial charge in [-0.3, -0.25) is 9.69 Å². The molecule has 4 heteroatoms. The third-order valence-corrected chi connectivity index (χ3v) is 3.26. The van der Waals surface area contributed by atoms with E-state index in [0.29, 0.717) is 13.2 Å². The van der Waals surface area contributed by atoms with Crippen LogP contribution in [-0.4, -0.2) is 41.7 Å². The van der Waals surface area contributed by atoms with Gasteiger partial charge in [0.2, 0.25) is 0 Å². The number of carbonyl (C=O) groups is 1. The molecule has 0 aliphatic heterocycles. The first-order chi connectivity index (χ1) is 8.35. The van der Waals surface area contributed by atoms with E-state index in [1.165, 1.54) is 0 Å². The molecule has 0 bridgehead atoms. The molecule has 0 unspecified atom stereocenters. The topological polar surface area (TPSA) is 49.8 Å². The molecule has 1 N–H and O–H groups in total. The van der Waals surface area contributed by atoms with Gasteiger partial charge in [-0.25, -0.2) is 0 Å². The molecular formula is C14H21NO3. The fraction of sp³-hybridized carbons (Fsp3) is 0.500. The first kappa shape index (κ1) is 14.5. The number of ether oxygens (including phenoxy) is 1. The minimum Gasteiger partial charge on any atom is -0.492 e.